The number of hydrogen-bond acceptors (Lipinski definition) is 4. The van der Waals surface area contributed by atoms with Crippen LogP contribution in [0.4, 0.5) is 11.4 Å². The topological polar surface area (TPSA) is 58.6 Å². The second-order valence-corrected chi connectivity index (χ2v) is 8.02. The summed E-state index contributed by atoms with van der Waals surface area (Å²) in [5.74, 6) is -0.156. The third kappa shape index (κ3) is 4.12. The van der Waals surface area contributed by atoms with Gasteiger partial charge in [0.15, 0.2) is 0 Å². The maximum atomic E-state index is 13.6. The van der Waals surface area contributed by atoms with Crippen LogP contribution in [0.25, 0.3) is 5.57 Å². The number of carbonyl (C=O) groups excluding carboxylic acids is 2. The first-order valence-electron chi connectivity index (χ1n) is 10.3. The van der Waals surface area contributed by atoms with Crippen molar-refractivity contribution in [3.05, 3.63) is 94.1 Å². The van der Waals surface area contributed by atoms with E-state index >= 15 is 0 Å². The Kier molecular flexibility index (Phi) is 6.01. The highest BCUT2D eigenvalue weighted by atomic mass is 35.5. The molecule has 2 amide bonds. The average molecular weight is 447 g/mol. The Morgan fingerprint density at radius 1 is 0.938 bits per heavy atom. The summed E-state index contributed by atoms with van der Waals surface area (Å²) in [5.41, 5.74) is 4.33. The molecule has 0 bridgehead atoms. The van der Waals surface area contributed by atoms with Gasteiger partial charge in [-0.1, -0.05) is 47.5 Å². The maximum absolute atomic E-state index is 13.6. The number of carbonyl (C=O) groups is 2. The number of hydrogen-bond donors (Lipinski definition) is 1. The first-order valence-corrected chi connectivity index (χ1v) is 10.7. The van der Waals surface area contributed by atoms with Crippen molar-refractivity contribution in [2.24, 2.45) is 0 Å². The van der Waals surface area contributed by atoms with Crippen molar-refractivity contribution in [3.63, 3.8) is 0 Å². The standard InChI is InChI=1S/C26H23ClN2O3/c1-4-32-21-10-6-8-19(15-21)28-24-23(22-12-11-16(2)13-17(22)3)25(30)29(26(24)31)20-9-5-7-18(27)14-20/h5-15,28H,4H2,1-3H3. The van der Waals surface area contributed by atoms with Gasteiger partial charge in [-0.05, 0) is 62.2 Å². The minimum absolute atomic E-state index is 0.218. The van der Waals surface area contributed by atoms with Crippen molar-refractivity contribution in [2.75, 3.05) is 16.8 Å². The van der Waals surface area contributed by atoms with Crippen molar-refractivity contribution >= 4 is 40.4 Å². The molecule has 5 nitrogen and oxygen atoms in total. The van der Waals surface area contributed by atoms with E-state index in [4.69, 9.17) is 16.3 Å². The Hall–Kier alpha value is -3.57. The number of halogens is 1. The fraction of sp³-hybridized carbons (Fsp3) is 0.154. The molecule has 1 heterocycles. The lowest BCUT2D eigenvalue weighted by atomic mass is 9.97. The fourth-order valence-corrected chi connectivity index (χ4v) is 4.00. The number of imide groups is 1. The molecule has 0 aromatic heterocycles. The van der Waals surface area contributed by atoms with Crippen molar-refractivity contribution in [1.29, 1.82) is 0 Å². The molecule has 32 heavy (non-hydrogen) atoms. The van der Waals surface area contributed by atoms with E-state index in [1.165, 1.54) is 0 Å². The van der Waals surface area contributed by atoms with Crippen LogP contribution in [0.2, 0.25) is 5.02 Å². The van der Waals surface area contributed by atoms with E-state index < -0.39 is 11.8 Å². The smallest absolute Gasteiger partial charge is 0.282 e. The quantitative estimate of drug-likeness (QED) is 0.489. The molecule has 6 heteroatoms. The summed E-state index contributed by atoms with van der Waals surface area (Å²) in [7, 11) is 0. The summed E-state index contributed by atoms with van der Waals surface area (Å²) in [4.78, 5) is 28.3. The van der Waals surface area contributed by atoms with Crippen LogP contribution in [0.15, 0.2) is 72.4 Å². The first kappa shape index (κ1) is 21.7. The summed E-state index contributed by atoms with van der Waals surface area (Å²) >= 11 is 6.14. The van der Waals surface area contributed by atoms with Gasteiger partial charge < -0.3 is 10.1 Å². The van der Waals surface area contributed by atoms with Gasteiger partial charge in [0, 0.05) is 16.8 Å². The fourth-order valence-electron chi connectivity index (χ4n) is 3.81. The lowest BCUT2D eigenvalue weighted by molar-refractivity contribution is -0.120. The predicted molar refractivity (Wildman–Crippen MR) is 128 cm³/mol. The first-order chi connectivity index (χ1) is 15.4. The van der Waals surface area contributed by atoms with Crippen LogP contribution in [0.3, 0.4) is 0 Å². The maximum Gasteiger partial charge on any atom is 0.282 e. The summed E-state index contributed by atoms with van der Waals surface area (Å²) in [5, 5.41) is 3.63. The highest BCUT2D eigenvalue weighted by Gasteiger charge is 2.40. The highest BCUT2D eigenvalue weighted by Crippen LogP contribution is 2.36. The molecule has 0 saturated heterocycles. The van der Waals surface area contributed by atoms with Crippen molar-refractivity contribution in [2.45, 2.75) is 20.8 Å². The van der Waals surface area contributed by atoms with Crippen molar-refractivity contribution in [1.82, 2.24) is 0 Å². The van der Waals surface area contributed by atoms with Crippen molar-refractivity contribution in [3.8, 4) is 5.75 Å². The molecular formula is C26H23ClN2O3. The van der Waals surface area contributed by atoms with Gasteiger partial charge in [-0.3, -0.25) is 9.59 Å². The van der Waals surface area contributed by atoms with Gasteiger partial charge in [0.2, 0.25) is 0 Å². The molecule has 0 unspecified atom stereocenters. The number of anilines is 2. The van der Waals surface area contributed by atoms with Gasteiger partial charge in [-0.25, -0.2) is 4.90 Å². The van der Waals surface area contributed by atoms with Gasteiger partial charge >= 0.3 is 0 Å². The van der Waals surface area contributed by atoms with E-state index in [1.807, 2.05) is 57.2 Å². The molecule has 3 aromatic carbocycles. The molecule has 162 valence electrons. The number of benzene rings is 3. The van der Waals surface area contributed by atoms with Crippen LogP contribution in [0, 0.1) is 13.8 Å². The van der Waals surface area contributed by atoms with Crippen LogP contribution in [0.1, 0.15) is 23.6 Å². The molecule has 0 radical (unpaired) electrons. The number of nitrogens with zero attached hydrogens (tertiary/aromatic N) is 1. The van der Waals surface area contributed by atoms with E-state index in [-0.39, 0.29) is 5.70 Å². The lowest BCUT2D eigenvalue weighted by Crippen LogP contribution is -2.32. The van der Waals surface area contributed by atoms with Gasteiger partial charge in [-0.2, -0.15) is 0 Å². The van der Waals surface area contributed by atoms with Gasteiger partial charge in [-0.15, -0.1) is 0 Å². The molecule has 0 atom stereocenters. The van der Waals surface area contributed by atoms with Crippen LogP contribution in [0.5, 0.6) is 5.75 Å². The largest absolute Gasteiger partial charge is 0.494 e. The average Bonchev–Trinajstić information content (AvgIpc) is 2.98. The molecule has 0 spiro atoms. The molecular weight excluding hydrogens is 424 g/mol. The number of aryl methyl sites for hydroxylation is 2. The van der Waals surface area contributed by atoms with Crippen LogP contribution < -0.4 is 15.0 Å². The van der Waals surface area contributed by atoms with Crippen molar-refractivity contribution < 1.29 is 14.3 Å². The zero-order valence-corrected chi connectivity index (χ0v) is 18.9. The lowest BCUT2D eigenvalue weighted by Gasteiger charge is -2.16. The van der Waals surface area contributed by atoms with Gasteiger partial charge in [0.1, 0.15) is 11.4 Å². The number of rotatable bonds is 6. The number of nitrogens with one attached hydrogen (secondary N) is 1. The minimum atomic E-state index is -0.436. The van der Waals surface area contributed by atoms with E-state index in [0.717, 1.165) is 16.0 Å². The van der Waals surface area contributed by atoms with E-state index in [0.29, 0.717) is 39.9 Å². The van der Waals surface area contributed by atoms with Crippen LogP contribution in [-0.2, 0) is 9.59 Å². The Bertz CT molecular complexity index is 1250. The molecule has 1 aliphatic rings. The zero-order chi connectivity index (χ0) is 22.8. The summed E-state index contributed by atoms with van der Waals surface area (Å²) < 4.78 is 5.57. The second kappa shape index (κ2) is 8.89. The molecule has 0 saturated carbocycles. The van der Waals surface area contributed by atoms with Crippen LogP contribution >= 0.6 is 11.6 Å². The molecule has 0 aliphatic carbocycles. The Labute approximate surface area is 192 Å². The summed E-state index contributed by atoms with van der Waals surface area (Å²) in [6, 6.07) is 19.8. The normalized spacial score (nSPS) is 13.7. The SMILES string of the molecule is CCOc1cccc(NC2=C(c3ccc(C)cc3C)C(=O)N(c3cccc(Cl)c3)C2=O)c1. The van der Waals surface area contributed by atoms with E-state index in [1.54, 1.807) is 30.3 Å². The van der Waals surface area contributed by atoms with Crippen LogP contribution in [-0.4, -0.2) is 18.4 Å². The zero-order valence-electron chi connectivity index (χ0n) is 18.1. The molecule has 0 fully saturated rings. The third-order valence-electron chi connectivity index (χ3n) is 5.22. The van der Waals surface area contributed by atoms with E-state index in [9.17, 15) is 9.59 Å². The minimum Gasteiger partial charge on any atom is -0.494 e. The Balaban J connectivity index is 1.84. The molecule has 1 N–H and O–H groups in total. The Morgan fingerprint density at radius 2 is 1.72 bits per heavy atom. The summed E-state index contributed by atoms with van der Waals surface area (Å²) in [6.45, 7) is 6.36. The molecule has 3 aromatic rings. The second-order valence-electron chi connectivity index (χ2n) is 7.58. The molecule has 4 rings (SSSR count). The van der Waals surface area contributed by atoms with Gasteiger partial charge in [0.25, 0.3) is 11.8 Å². The van der Waals surface area contributed by atoms with E-state index in [2.05, 4.69) is 5.32 Å². The third-order valence-corrected chi connectivity index (χ3v) is 5.45. The molecule has 1 aliphatic heterocycles. The predicted octanol–water partition coefficient (Wildman–Crippen LogP) is 5.75. The number of ether oxygens (including phenoxy) is 1. The van der Waals surface area contributed by atoms with Gasteiger partial charge in [0.05, 0.1) is 17.9 Å². The summed E-state index contributed by atoms with van der Waals surface area (Å²) in [6.07, 6.45) is 0. The Morgan fingerprint density at radius 3 is 2.44 bits per heavy atom. The monoisotopic (exact) mass is 446 g/mol. The number of amides is 2. The highest BCUT2D eigenvalue weighted by molar-refractivity contribution is 6.46.